The van der Waals surface area contributed by atoms with E-state index in [9.17, 15) is 9.59 Å². The van der Waals surface area contributed by atoms with Crippen molar-refractivity contribution in [1.82, 2.24) is 10.9 Å². The van der Waals surface area contributed by atoms with Gasteiger partial charge in [0.25, 0.3) is 5.91 Å². The summed E-state index contributed by atoms with van der Waals surface area (Å²) in [7, 11) is 1.57. The van der Waals surface area contributed by atoms with Gasteiger partial charge in [0.15, 0.2) is 0 Å². The molecule has 2 rings (SSSR count). The van der Waals surface area contributed by atoms with Crippen LogP contribution in [0.4, 0.5) is 5.69 Å². The van der Waals surface area contributed by atoms with Crippen molar-refractivity contribution in [3.8, 4) is 5.75 Å². The lowest BCUT2D eigenvalue weighted by Gasteiger charge is -2.17. The molecule has 0 aromatic heterocycles. The van der Waals surface area contributed by atoms with Gasteiger partial charge in [-0.05, 0) is 31.4 Å². The third-order valence-electron chi connectivity index (χ3n) is 3.51. The number of hydrogen-bond acceptors (Lipinski definition) is 4. The van der Waals surface area contributed by atoms with Crippen molar-refractivity contribution in [2.45, 2.75) is 19.3 Å². The van der Waals surface area contributed by atoms with E-state index in [2.05, 4.69) is 22.2 Å². The SMILES string of the molecule is COc1ccccc1NCC(=O)NNC(=O)C1CC=CCC1. The van der Waals surface area contributed by atoms with Crippen molar-refractivity contribution < 1.29 is 14.3 Å². The van der Waals surface area contributed by atoms with Crippen LogP contribution in [0.2, 0.25) is 0 Å². The highest BCUT2D eigenvalue weighted by Gasteiger charge is 2.18. The number of para-hydroxylation sites is 2. The molecule has 1 unspecified atom stereocenters. The molecule has 1 aromatic carbocycles. The van der Waals surface area contributed by atoms with E-state index in [1.807, 2.05) is 24.3 Å². The number of rotatable bonds is 5. The van der Waals surface area contributed by atoms with Crippen LogP contribution >= 0.6 is 0 Å². The fourth-order valence-corrected chi connectivity index (χ4v) is 2.28. The molecular formula is C16H21N3O3. The molecular weight excluding hydrogens is 282 g/mol. The Morgan fingerprint density at radius 3 is 2.77 bits per heavy atom. The van der Waals surface area contributed by atoms with Gasteiger partial charge in [-0.15, -0.1) is 0 Å². The normalized spacial score (nSPS) is 16.7. The lowest BCUT2D eigenvalue weighted by molar-refractivity contribution is -0.130. The number of hydrazine groups is 1. The molecule has 2 amide bonds. The monoisotopic (exact) mass is 303 g/mol. The van der Waals surface area contributed by atoms with Crippen molar-refractivity contribution in [3.05, 3.63) is 36.4 Å². The Hall–Kier alpha value is -2.50. The van der Waals surface area contributed by atoms with Gasteiger partial charge in [0.05, 0.1) is 19.3 Å². The Morgan fingerprint density at radius 2 is 2.05 bits per heavy atom. The quantitative estimate of drug-likeness (QED) is 0.570. The van der Waals surface area contributed by atoms with E-state index in [0.717, 1.165) is 24.9 Å². The number of amides is 2. The second-order valence-electron chi connectivity index (χ2n) is 5.07. The largest absolute Gasteiger partial charge is 0.495 e. The van der Waals surface area contributed by atoms with E-state index >= 15 is 0 Å². The standard InChI is InChI=1S/C16H21N3O3/c1-22-14-10-6-5-9-13(14)17-11-15(20)18-19-16(21)12-7-3-2-4-8-12/h2-3,5-6,9-10,12,17H,4,7-8,11H2,1H3,(H,18,20)(H,19,21). The molecule has 0 radical (unpaired) electrons. The third kappa shape index (κ3) is 4.51. The van der Waals surface area contributed by atoms with Crippen molar-refractivity contribution in [1.29, 1.82) is 0 Å². The number of nitrogens with one attached hydrogen (secondary N) is 3. The fraction of sp³-hybridized carbons (Fsp3) is 0.375. The van der Waals surface area contributed by atoms with Gasteiger partial charge in [-0.1, -0.05) is 24.3 Å². The van der Waals surface area contributed by atoms with Gasteiger partial charge in [0.1, 0.15) is 5.75 Å². The van der Waals surface area contributed by atoms with Gasteiger partial charge in [-0.3, -0.25) is 20.4 Å². The minimum Gasteiger partial charge on any atom is -0.495 e. The summed E-state index contributed by atoms with van der Waals surface area (Å²) in [6.45, 7) is 0.0468. The molecule has 0 spiro atoms. The second-order valence-corrected chi connectivity index (χ2v) is 5.07. The average molecular weight is 303 g/mol. The Bertz CT molecular complexity index is 557. The van der Waals surface area contributed by atoms with E-state index in [0.29, 0.717) is 5.75 Å². The molecule has 6 heteroatoms. The van der Waals surface area contributed by atoms with Gasteiger partial charge in [-0.2, -0.15) is 0 Å². The molecule has 0 bridgehead atoms. The summed E-state index contributed by atoms with van der Waals surface area (Å²) in [4.78, 5) is 23.6. The lowest BCUT2D eigenvalue weighted by Crippen LogP contribution is -2.46. The van der Waals surface area contributed by atoms with Gasteiger partial charge < -0.3 is 10.1 Å². The summed E-state index contributed by atoms with van der Waals surface area (Å²) in [5.74, 6) is 0.140. The number of carbonyl (C=O) groups excluding carboxylic acids is 2. The maximum Gasteiger partial charge on any atom is 0.257 e. The predicted molar refractivity (Wildman–Crippen MR) is 84.3 cm³/mol. The molecule has 6 nitrogen and oxygen atoms in total. The van der Waals surface area contributed by atoms with Gasteiger partial charge in [0.2, 0.25) is 5.91 Å². The van der Waals surface area contributed by atoms with Crippen molar-refractivity contribution in [2.24, 2.45) is 5.92 Å². The number of carbonyl (C=O) groups is 2. The van der Waals surface area contributed by atoms with Gasteiger partial charge in [0, 0.05) is 5.92 Å². The Kier molecular flexibility index (Phi) is 5.82. The fourth-order valence-electron chi connectivity index (χ4n) is 2.28. The summed E-state index contributed by atoms with van der Waals surface area (Å²) < 4.78 is 5.18. The number of hydrogen-bond donors (Lipinski definition) is 3. The molecule has 0 saturated carbocycles. The number of anilines is 1. The summed E-state index contributed by atoms with van der Waals surface area (Å²) in [6.07, 6.45) is 6.51. The summed E-state index contributed by atoms with van der Waals surface area (Å²) in [5, 5.41) is 2.97. The first-order valence-electron chi connectivity index (χ1n) is 7.31. The number of allylic oxidation sites excluding steroid dienone is 2. The Labute approximate surface area is 129 Å². The molecule has 0 fully saturated rings. The topological polar surface area (TPSA) is 79.5 Å². The smallest absolute Gasteiger partial charge is 0.257 e. The first-order valence-corrected chi connectivity index (χ1v) is 7.31. The van der Waals surface area contributed by atoms with Crippen molar-refractivity contribution in [2.75, 3.05) is 19.0 Å². The Balaban J connectivity index is 1.74. The Morgan fingerprint density at radius 1 is 1.23 bits per heavy atom. The van der Waals surface area contributed by atoms with Gasteiger partial charge >= 0.3 is 0 Å². The number of methoxy groups -OCH3 is 1. The number of benzene rings is 1. The maximum atomic E-state index is 11.9. The third-order valence-corrected chi connectivity index (χ3v) is 3.51. The van der Waals surface area contributed by atoms with Crippen molar-refractivity contribution in [3.63, 3.8) is 0 Å². The van der Waals surface area contributed by atoms with Crippen LogP contribution in [0.15, 0.2) is 36.4 Å². The van der Waals surface area contributed by atoms with Crippen LogP contribution in [0.3, 0.4) is 0 Å². The predicted octanol–water partition coefficient (Wildman–Crippen LogP) is 1.61. The average Bonchev–Trinajstić information content (AvgIpc) is 2.58. The molecule has 1 aliphatic rings. The molecule has 22 heavy (non-hydrogen) atoms. The molecule has 1 atom stereocenters. The first-order chi connectivity index (χ1) is 10.7. The highest BCUT2D eigenvalue weighted by molar-refractivity contribution is 5.85. The molecule has 118 valence electrons. The van der Waals surface area contributed by atoms with E-state index in [1.54, 1.807) is 13.2 Å². The molecule has 1 aromatic rings. The van der Waals surface area contributed by atoms with E-state index < -0.39 is 0 Å². The second kappa shape index (κ2) is 8.07. The first kappa shape index (κ1) is 15.9. The number of ether oxygens (including phenoxy) is 1. The van der Waals surface area contributed by atoms with E-state index in [1.165, 1.54) is 0 Å². The van der Waals surface area contributed by atoms with Crippen LogP contribution in [0.25, 0.3) is 0 Å². The molecule has 0 heterocycles. The van der Waals surface area contributed by atoms with Crippen LogP contribution in [-0.4, -0.2) is 25.5 Å². The van der Waals surface area contributed by atoms with E-state index in [4.69, 9.17) is 4.74 Å². The molecule has 0 saturated heterocycles. The zero-order valence-corrected chi connectivity index (χ0v) is 12.6. The van der Waals surface area contributed by atoms with E-state index in [-0.39, 0.29) is 24.3 Å². The van der Waals surface area contributed by atoms with Gasteiger partial charge in [-0.25, -0.2) is 0 Å². The molecule has 0 aliphatic heterocycles. The summed E-state index contributed by atoms with van der Waals surface area (Å²) in [5.41, 5.74) is 5.62. The molecule has 3 N–H and O–H groups in total. The van der Waals surface area contributed by atoms with Crippen LogP contribution in [0.5, 0.6) is 5.75 Å². The van der Waals surface area contributed by atoms with Crippen LogP contribution < -0.4 is 20.9 Å². The lowest BCUT2D eigenvalue weighted by atomic mass is 9.94. The van der Waals surface area contributed by atoms with Crippen LogP contribution in [0.1, 0.15) is 19.3 Å². The zero-order valence-electron chi connectivity index (χ0n) is 12.6. The maximum absolute atomic E-state index is 11.9. The minimum atomic E-state index is -0.314. The molecule has 1 aliphatic carbocycles. The summed E-state index contributed by atoms with van der Waals surface area (Å²) in [6, 6.07) is 7.32. The summed E-state index contributed by atoms with van der Waals surface area (Å²) >= 11 is 0. The highest BCUT2D eigenvalue weighted by Crippen LogP contribution is 2.22. The zero-order chi connectivity index (χ0) is 15.8. The van der Waals surface area contributed by atoms with Crippen LogP contribution in [-0.2, 0) is 9.59 Å². The highest BCUT2D eigenvalue weighted by atomic mass is 16.5. The van der Waals surface area contributed by atoms with Crippen LogP contribution in [0, 0.1) is 5.92 Å². The van der Waals surface area contributed by atoms with Crippen molar-refractivity contribution >= 4 is 17.5 Å². The minimum absolute atomic E-state index is 0.0468.